The van der Waals surface area contributed by atoms with E-state index in [1.54, 1.807) is 32.4 Å². The Morgan fingerprint density at radius 1 is 1.21 bits per heavy atom. The number of rotatable bonds is 8. The number of nitrogens with one attached hydrogen (secondary N) is 1. The molecule has 0 unspecified atom stereocenters. The van der Waals surface area contributed by atoms with E-state index in [2.05, 4.69) is 25.0 Å². The van der Waals surface area contributed by atoms with Crippen LogP contribution in [-0.4, -0.2) is 53.7 Å². The molecule has 1 aromatic carbocycles. The maximum absolute atomic E-state index is 12.5. The average molecular weight is 404 g/mol. The predicted molar refractivity (Wildman–Crippen MR) is 109 cm³/mol. The largest absolute Gasteiger partial charge is 0.497 e. The highest BCUT2D eigenvalue weighted by Gasteiger charge is 2.32. The maximum Gasteiger partial charge on any atom is 0.234 e. The first-order valence-corrected chi connectivity index (χ1v) is 10.5. The molecule has 28 heavy (non-hydrogen) atoms. The minimum atomic E-state index is -0.110. The second kappa shape index (κ2) is 8.30. The Kier molecular flexibility index (Phi) is 5.61. The van der Waals surface area contributed by atoms with Crippen LogP contribution in [0.1, 0.15) is 31.7 Å². The lowest BCUT2D eigenvalue weighted by Gasteiger charge is -2.18. The third-order valence-corrected chi connectivity index (χ3v) is 5.91. The molecule has 9 heteroatoms. The number of carbonyl (C=O) groups is 1. The SMILES string of the molecule is COc1ccc(NC(=O)CSc2nnc(N3CCCC3)n2C2CC2)c(OC)c1. The molecule has 1 aliphatic heterocycles. The van der Waals surface area contributed by atoms with E-state index in [1.807, 2.05) is 0 Å². The molecular formula is C19H25N5O3S. The van der Waals surface area contributed by atoms with E-state index in [9.17, 15) is 4.79 Å². The van der Waals surface area contributed by atoms with Crippen LogP contribution in [0.3, 0.4) is 0 Å². The van der Waals surface area contributed by atoms with E-state index >= 15 is 0 Å². The van der Waals surface area contributed by atoms with Gasteiger partial charge in [0.15, 0.2) is 5.16 Å². The summed E-state index contributed by atoms with van der Waals surface area (Å²) in [4.78, 5) is 14.8. The third kappa shape index (κ3) is 4.04. The van der Waals surface area contributed by atoms with Crippen LogP contribution in [0.5, 0.6) is 11.5 Å². The van der Waals surface area contributed by atoms with E-state index in [4.69, 9.17) is 9.47 Å². The molecule has 4 rings (SSSR count). The summed E-state index contributed by atoms with van der Waals surface area (Å²) < 4.78 is 12.7. The molecule has 1 amide bonds. The van der Waals surface area contributed by atoms with Crippen LogP contribution < -0.4 is 19.7 Å². The zero-order valence-corrected chi connectivity index (χ0v) is 17.0. The molecule has 1 aromatic heterocycles. The molecule has 2 aliphatic rings. The normalized spacial score (nSPS) is 16.3. The van der Waals surface area contributed by atoms with Crippen molar-refractivity contribution in [1.82, 2.24) is 14.8 Å². The summed E-state index contributed by atoms with van der Waals surface area (Å²) in [6, 6.07) is 5.78. The molecule has 2 heterocycles. The fourth-order valence-corrected chi connectivity index (χ4v) is 4.17. The average Bonchev–Trinajstić information content (AvgIpc) is 3.23. The van der Waals surface area contributed by atoms with Crippen LogP contribution in [-0.2, 0) is 4.79 Å². The van der Waals surface area contributed by atoms with Crippen molar-refractivity contribution < 1.29 is 14.3 Å². The summed E-state index contributed by atoms with van der Waals surface area (Å²) >= 11 is 1.43. The number of anilines is 2. The number of methoxy groups -OCH3 is 2. The second-order valence-corrected chi connectivity index (χ2v) is 7.92. The fourth-order valence-electron chi connectivity index (χ4n) is 3.37. The van der Waals surface area contributed by atoms with E-state index in [0.717, 1.165) is 37.0 Å². The first-order chi connectivity index (χ1) is 13.7. The van der Waals surface area contributed by atoms with Crippen molar-refractivity contribution in [2.45, 2.75) is 36.9 Å². The second-order valence-electron chi connectivity index (χ2n) is 6.98. The Balaban J connectivity index is 1.41. The molecule has 2 fully saturated rings. The van der Waals surface area contributed by atoms with Gasteiger partial charge >= 0.3 is 0 Å². The van der Waals surface area contributed by atoms with Gasteiger partial charge < -0.3 is 19.7 Å². The molecule has 0 atom stereocenters. The van der Waals surface area contributed by atoms with Gasteiger partial charge in [-0.25, -0.2) is 0 Å². The first-order valence-electron chi connectivity index (χ1n) is 9.54. The Bertz CT molecular complexity index is 846. The number of nitrogens with zero attached hydrogens (tertiary/aromatic N) is 4. The van der Waals surface area contributed by atoms with Gasteiger partial charge in [-0.05, 0) is 37.8 Å². The smallest absolute Gasteiger partial charge is 0.234 e. The molecule has 0 radical (unpaired) electrons. The van der Waals surface area contributed by atoms with E-state index in [1.165, 1.54) is 24.6 Å². The summed E-state index contributed by atoms with van der Waals surface area (Å²) in [5, 5.41) is 12.5. The summed E-state index contributed by atoms with van der Waals surface area (Å²) in [7, 11) is 3.16. The summed E-state index contributed by atoms with van der Waals surface area (Å²) in [5.74, 6) is 2.35. The summed E-state index contributed by atoms with van der Waals surface area (Å²) in [6.45, 7) is 2.07. The minimum absolute atomic E-state index is 0.110. The number of carbonyl (C=O) groups excluding carboxylic acids is 1. The zero-order chi connectivity index (χ0) is 19.5. The Morgan fingerprint density at radius 2 is 2.00 bits per heavy atom. The quantitative estimate of drug-likeness (QED) is 0.679. The molecule has 8 nitrogen and oxygen atoms in total. The Morgan fingerprint density at radius 3 is 2.68 bits per heavy atom. The van der Waals surface area contributed by atoms with Gasteiger partial charge in [0.05, 0.1) is 25.7 Å². The van der Waals surface area contributed by atoms with Crippen molar-refractivity contribution in [1.29, 1.82) is 0 Å². The number of amides is 1. The standard InChI is InChI=1S/C19H25N5O3S/c1-26-14-7-8-15(16(11-14)27-2)20-17(25)12-28-19-22-21-18(23-9-3-4-10-23)24(19)13-5-6-13/h7-8,11,13H,3-6,9-10,12H2,1-2H3,(H,20,25). The molecule has 1 saturated carbocycles. The highest BCUT2D eigenvalue weighted by Crippen LogP contribution is 2.41. The van der Waals surface area contributed by atoms with Crippen LogP contribution in [0.15, 0.2) is 23.4 Å². The number of aromatic nitrogens is 3. The van der Waals surface area contributed by atoms with E-state index < -0.39 is 0 Å². The summed E-state index contributed by atoms with van der Waals surface area (Å²) in [5.41, 5.74) is 0.621. The van der Waals surface area contributed by atoms with Gasteiger partial charge in [0.2, 0.25) is 11.9 Å². The molecule has 150 valence electrons. The predicted octanol–water partition coefficient (Wildman–Crippen LogP) is 2.96. The molecule has 0 bridgehead atoms. The van der Waals surface area contributed by atoms with Crippen molar-refractivity contribution in [3.8, 4) is 11.5 Å². The van der Waals surface area contributed by atoms with Crippen LogP contribution >= 0.6 is 11.8 Å². The molecule has 1 saturated heterocycles. The lowest BCUT2D eigenvalue weighted by Crippen LogP contribution is -2.22. The van der Waals surface area contributed by atoms with Crippen LogP contribution in [0.25, 0.3) is 0 Å². The van der Waals surface area contributed by atoms with Gasteiger partial charge in [-0.15, -0.1) is 10.2 Å². The highest BCUT2D eigenvalue weighted by molar-refractivity contribution is 7.99. The fraction of sp³-hybridized carbons (Fsp3) is 0.526. The van der Waals surface area contributed by atoms with Crippen molar-refractivity contribution in [3.63, 3.8) is 0 Å². The Hall–Kier alpha value is -2.42. The Labute approximate surface area is 168 Å². The van der Waals surface area contributed by atoms with Crippen molar-refractivity contribution in [2.24, 2.45) is 0 Å². The number of hydrogen-bond acceptors (Lipinski definition) is 7. The van der Waals surface area contributed by atoms with Crippen molar-refractivity contribution in [3.05, 3.63) is 18.2 Å². The van der Waals surface area contributed by atoms with E-state index in [0.29, 0.717) is 23.2 Å². The first kappa shape index (κ1) is 18.9. The summed E-state index contributed by atoms with van der Waals surface area (Å²) in [6.07, 6.45) is 4.71. The van der Waals surface area contributed by atoms with Crippen LogP contribution in [0.4, 0.5) is 11.6 Å². The monoisotopic (exact) mass is 403 g/mol. The van der Waals surface area contributed by atoms with Crippen molar-refractivity contribution in [2.75, 3.05) is 43.3 Å². The number of hydrogen-bond donors (Lipinski definition) is 1. The van der Waals surface area contributed by atoms with Gasteiger partial charge in [0.1, 0.15) is 11.5 Å². The third-order valence-electron chi connectivity index (χ3n) is 4.96. The molecule has 1 aliphatic carbocycles. The molecule has 1 N–H and O–H groups in total. The molecule has 0 spiro atoms. The lowest BCUT2D eigenvalue weighted by atomic mass is 10.2. The minimum Gasteiger partial charge on any atom is -0.497 e. The number of ether oxygens (including phenoxy) is 2. The zero-order valence-electron chi connectivity index (χ0n) is 16.2. The van der Waals surface area contributed by atoms with Gasteiger partial charge in [-0.2, -0.15) is 0 Å². The number of thioether (sulfide) groups is 1. The van der Waals surface area contributed by atoms with Gasteiger partial charge in [-0.3, -0.25) is 9.36 Å². The molecule has 2 aromatic rings. The van der Waals surface area contributed by atoms with Gasteiger partial charge in [-0.1, -0.05) is 11.8 Å². The van der Waals surface area contributed by atoms with E-state index in [-0.39, 0.29) is 11.7 Å². The number of benzene rings is 1. The van der Waals surface area contributed by atoms with Gasteiger partial charge in [0, 0.05) is 25.2 Å². The van der Waals surface area contributed by atoms with Gasteiger partial charge in [0.25, 0.3) is 0 Å². The van der Waals surface area contributed by atoms with Crippen LogP contribution in [0.2, 0.25) is 0 Å². The highest BCUT2D eigenvalue weighted by atomic mass is 32.2. The topological polar surface area (TPSA) is 81.5 Å². The maximum atomic E-state index is 12.5. The molecular weight excluding hydrogens is 378 g/mol. The lowest BCUT2D eigenvalue weighted by molar-refractivity contribution is -0.113. The van der Waals surface area contributed by atoms with Crippen LogP contribution in [0, 0.1) is 0 Å². The van der Waals surface area contributed by atoms with Crippen molar-refractivity contribution >= 4 is 29.3 Å².